The molecule has 0 bridgehead atoms. The lowest BCUT2D eigenvalue weighted by Crippen LogP contribution is -2.42. The summed E-state index contributed by atoms with van der Waals surface area (Å²) in [4.78, 5) is 4.44. The summed E-state index contributed by atoms with van der Waals surface area (Å²) >= 11 is 0. The van der Waals surface area contributed by atoms with E-state index in [4.69, 9.17) is 5.73 Å². The number of hydrogen-bond donors (Lipinski definition) is 1. The fourth-order valence-electron chi connectivity index (χ4n) is 4.05. The molecule has 0 radical (unpaired) electrons. The first-order valence-electron chi connectivity index (χ1n) is 8.20. The van der Waals surface area contributed by atoms with Gasteiger partial charge in [-0.15, -0.1) is 0 Å². The highest BCUT2D eigenvalue weighted by Crippen LogP contribution is 2.42. The van der Waals surface area contributed by atoms with Crippen LogP contribution in [0.4, 0.5) is 0 Å². The van der Waals surface area contributed by atoms with E-state index < -0.39 is 0 Å². The van der Waals surface area contributed by atoms with Crippen molar-refractivity contribution in [1.29, 1.82) is 0 Å². The number of nitrogens with two attached hydrogens (primary N) is 1. The van der Waals surface area contributed by atoms with Gasteiger partial charge in [0, 0.05) is 23.3 Å². The number of rotatable bonds is 3. The van der Waals surface area contributed by atoms with E-state index in [0.717, 1.165) is 24.7 Å². The van der Waals surface area contributed by atoms with E-state index >= 15 is 0 Å². The van der Waals surface area contributed by atoms with Gasteiger partial charge in [0.15, 0.2) is 0 Å². The maximum Gasteiger partial charge on any atom is 0.0433 e. The third-order valence-corrected chi connectivity index (χ3v) is 4.90. The van der Waals surface area contributed by atoms with Gasteiger partial charge in [-0.3, -0.25) is 4.98 Å². The van der Waals surface area contributed by atoms with E-state index in [1.54, 1.807) is 0 Å². The van der Waals surface area contributed by atoms with Crippen molar-refractivity contribution in [3.05, 3.63) is 42.2 Å². The van der Waals surface area contributed by atoms with Crippen LogP contribution in [-0.2, 0) is 5.54 Å². The third-order valence-electron chi connectivity index (χ3n) is 4.90. The van der Waals surface area contributed by atoms with Crippen molar-refractivity contribution in [2.24, 2.45) is 17.6 Å². The molecular formula is C19H26N2. The molecular weight excluding hydrogens is 256 g/mol. The second kappa shape index (κ2) is 5.76. The molecule has 1 heterocycles. The van der Waals surface area contributed by atoms with E-state index in [2.05, 4.69) is 43.1 Å². The Labute approximate surface area is 127 Å². The molecule has 1 aromatic carbocycles. The zero-order valence-corrected chi connectivity index (χ0v) is 13.2. The average molecular weight is 282 g/mol. The van der Waals surface area contributed by atoms with Crippen molar-refractivity contribution in [2.45, 2.75) is 51.5 Å². The van der Waals surface area contributed by atoms with Crippen LogP contribution in [0.1, 0.15) is 51.5 Å². The Bertz CT molecular complexity index is 614. The molecule has 21 heavy (non-hydrogen) atoms. The Morgan fingerprint density at radius 3 is 2.90 bits per heavy atom. The Hall–Kier alpha value is -1.41. The van der Waals surface area contributed by atoms with Crippen molar-refractivity contribution in [1.82, 2.24) is 4.98 Å². The van der Waals surface area contributed by atoms with Crippen molar-refractivity contribution in [2.75, 3.05) is 0 Å². The van der Waals surface area contributed by atoms with Crippen LogP contribution in [0.25, 0.3) is 10.8 Å². The molecule has 1 aliphatic rings. The largest absolute Gasteiger partial charge is 0.321 e. The average Bonchev–Trinajstić information content (AvgIpc) is 2.46. The van der Waals surface area contributed by atoms with Crippen LogP contribution in [0.5, 0.6) is 0 Å². The molecule has 112 valence electrons. The predicted molar refractivity (Wildman–Crippen MR) is 89.0 cm³/mol. The number of hydrogen-bond acceptors (Lipinski definition) is 2. The summed E-state index contributed by atoms with van der Waals surface area (Å²) in [6.07, 6.45) is 9.97. The van der Waals surface area contributed by atoms with Crippen LogP contribution in [0.3, 0.4) is 0 Å². The smallest absolute Gasteiger partial charge is 0.0433 e. The molecule has 2 unspecified atom stereocenters. The highest BCUT2D eigenvalue weighted by Gasteiger charge is 2.35. The fourth-order valence-corrected chi connectivity index (χ4v) is 4.05. The van der Waals surface area contributed by atoms with Crippen LogP contribution in [0.15, 0.2) is 36.7 Å². The van der Waals surface area contributed by atoms with Crippen LogP contribution in [0.2, 0.25) is 0 Å². The second-order valence-corrected chi connectivity index (χ2v) is 7.16. The minimum Gasteiger partial charge on any atom is -0.321 e. The highest BCUT2D eigenvalue weighted by atomic mass is 14.8. The molecule has 2 heteroatoms. The molecule has 0 amide bonds. The van der Waals surface area contributed by atoms with Gasteiger partial charge in [-0.25, -0.2) is 0 Å². The number of aromatic nitrogens is 1. The van der Waals surface area contributed by atoms with Gasteiger partial charge in [0.05, 0.1) is 0 Å². The molecule has 3 rings (SSSR count). The maximum absolute atomic E-state index is 6.87. The van der Waals surface area contributed by atoms with Crippen LogP contribution in [-0.4, -0.2) is 4.98 Å². The zero-order chi connectivity index (χ0) is 14.9. The normalized spacial score (nSPS) is 26.4. The number of nitrogens with zero attached hydrogens (tertiary/aromatic N) is 1. The Kier molecular flexibility index (Phi) is 3.99. The van der Waals surface area contributed by atoms with Gasteiger partial charge in [-0.2, -0.15) is 0 Å². The second-order valence-electron chi connectivity index (χ2n) is 7.16. The summed E-state index contributed by atoms with van der Waals surface area (Å²) in [5.74, 6) is 1.51. The summed E-state index contributed by atoms with van der Waals surface area (Å²) in [6.45, 7) is 4.62. The third kappa shape index (κ3) is 2.96. The van der Waals surface area contributed by atoms with Gasteiger partial charge in [0.2, 0.25) is 0 Å². The molecule has 2 nitrogen and oxygen atoms in total. The van der Waals surface area contributed by atoms with E-state index in [0.29, 0.717) is 0 Å². The maximum atomic E-state index is 6.87. The summed E-state index contributed by atoms with van der Waals surface area (Å²) < 4.78 is 0. The van der Waals surface area contributed by atoms with Crippen molar-refractivity contribution in [3.8, 4) is 0 Å². The molecule has 0 saturated heterocycles. The van der Waals surface area contributed by atoms with Gasteiger partial charge in [-0.1, -0.05) is 51.0 Å². The summed E-state index contributed by atoms with van der Waals surface area (Å²) in [7, 11) is 0. The lowest BCUT2D eigenvalue weighted by molar-refractivity contribution is 0.203. The molecule has 0 spiro atoms. The molecule has 1 aromatic heterocycles. The molecule has 2 N–H and O–H groups in total. The van der Waals surface area contributed by atoms with Crippen LogP contribution < -0.4 is 5.73 Å². The van der Waals surface area contributed by atoms with Crippen molar-refractivity contribution < 1.29 is 0 Å². The first-order chi connectivity index (χ1) is 10.1. The van der Waals surface area contributed by atoms with Crippen LogP contribution >= 0.6 is 0 Å². The molecule has 2 atom stereocenters. The first kappa shape index (κ1) is 14.5. The first-order valence-corrected chi connectivity index (χ1v) is 8.20. The monoisotopic (exact) mass is 282 g/mol. The summed E-state index contributed by atoms with van der Waals surface area (Å²) in [5.41, 5.74) is 7.91. The quantitative estimate of drug-likeness (QED) is 0.891. The topological polar surface area (TPSA) is 38.9 Å². The highest BCUT2D eigenvalue weighted by molar-refractivity contribution is 5.85. The van der Waals surface area contributed by atoms with E-state index in [1.807, 2.05) is 12.4 Å². The lowest BCUT2D eigenvalue weighted by Gasteiger charge is -2.39. The minimum absolute atomic E-state index is 0.203. The predicted octanol–water partition coefficient (Wildman–Crippen LogP) is 4.63. The molecule has 1 fully saturated rings. The SMILES string of the molecule is CC(C)CC1CCCC(N)(c2cncc3ccccc23)C1. The Morgan fingerprint density at radius 1 is 1.29 bits per heavy atom. The van der Waals surface area contributed by atoms with Crippen molar-refractivity contribution >= 4 is 10.8 Å². The number of benzene rings is 1. The molecule has 2 aromatic rings. The zero-order valence-electron chi connectivity index (χ0n) is 13.2. The number of pyridine rings is 1. The summed E-state index contributed by atoms with van der Waals surface area (Å²) in [5, 5.41) is 2.48. The van der Waals surface area contributed by atoms with E-state index in [9.17, 15) is 0 Å². The summed E-state index contributed by atoms with van der Waals surface area (Å²) in [6, 6.07) is 8.49. The lowest BCUT2D eigenvalue weighted by atomic mass is 9.70. The van der Waals surface area contributed by atoms with Crippen LogP contribution in [0, 0.1) is 11.8 Å². The van der Waals surface area contributed by atoms with Crippen molar-refractivity contribution in [3.63, 3.8) is 0 Å². The van der Waals surface area contributed by atoms with Gasteiger partial charge in [-0.05, 0) is 42.0 Å². The van der Waals surface area contributed by atoms with Gasteiger partial charge in [0.1, 0.15) is 0 Å². The Balaban J connectivity index is 1.96. The fraction of sp³-hybridized carbons (Fsp3) is 0.526. The van der Waals surface area contributed by atoms with Gasteiger partial charge >= 0.3 is 0 Å². The standard InChI is InChI=1S/C19H26N2/c1-14(2)10-15-6-5-9-19(20,11-15)18-13-21-12-16-7-3-4-8-17(16)18/h3-4,7-8,12-15H,5-6,9-11,20H2,1-2H3. The van der Waals surface area contributed by atoms with Gasteiger partial charge in [0.25, 0.3) is 0 Å². The van der Waals surface area contributed by atoms with E-state index in [-0.39, 0.29) is 5.54 Å². The number of fused-ring (bicyclic) bond motifs is 1. The van der Waals surface area contributed by atoms with E-state index in [1.165, 1.54) is 35.6 Å². The minimum atomic E-state index is -0.203. The molecule has 0 aliphatic heterocycles. The Morgan fingerprint density at radius 2 is 2.10 bits per heavy atom. The molecule has 1 aliphatic carbocycles. The van der Waals surface area contributed by atoms with Gasteiger partial charge < -0.3 is 5.73 Å². The molecule has 1 saturated carbocycles.